The first-order valence-electron chi connectivity index (χ1n) is 7.71. The Kier molecular flexibility index (Phi) is 5.78. The first-order chi connectivity index (χ1) is 13.0. The summed E-state index contributed by atoms with van der Waals surface area (Å²) in [5, 5.41) is 22.2. The lowest BCUT2D eigenvalue weighted by Gasteiger charge is -2.12. The molecule has 0 radical (unpaired) electrons. The molecule has 1 atom stereocenters. The maximum atomic E-state index is 12.6. The molecule has 0 aromatic heterocycles. The minimum atomic E-state index is -4.58. The lowest BCUT2D eigenvalue weighted by atomic mass is 9.97. The van der Waals surface area contributed by atoms with E-state index in [0.717, 1.165) is 18.2 Å². The van der Waals surface area contributed by atoms with E-state index in [9.17, 15) is 38.1 Å². The van der Waals surface area contributed by atoms with Crippen LogP contribution in [0.1, 0.15) is 21.5 Å². The van der Waals surface area contributed by atoms with Gasteiger partial charge in [-0.2, -0.15) is 18.4 Å². The SMILES string of the molecule is Cc1cc([N+](=O)[O-])ccc1NC(=O)C(C#N)C(=O)c1ccc(C(F)(F)F)cc1. The third kappa shape index (κ3) is 4.50. The quantitative estimate of drug-likeness (QED) is 0.360. The van der Waals surface area contributed by atoms with E-state index in [4.69, 9.17) is 0 Å². The minimum absolute atomic E-state index is 0.163. The highest BCUT2D eigenvalue weighted by atomic mass is 19.4. The van der Waals surface area contributed by atoms with Crippen LogP contribution in [0, 0.1) is 34.3 Å². The number of nitriles is 1. The first-order valence-corrected chi connectivity index (χ1v) is 7.71. The van der Waals surface area contributed by atoms with Crippen LogP contribution in [-0.2, 0) is 11.0 Å². The molecule has 28 heavy (non-hydrogen) atoms. The van der Waals surface area contributed by atoms with Gasteiger partial charge in [-0.3, -0.25) is 19.7 Å². The Morgan fingerprint density at radius 2 is 1.79 bits per heavy atom. The number of alkyl halides is 3. The number of amides is 1. The fraction of sp³-hybridized carbons (Fsp3) is 0.167. The molecule has 0 spiro atoms. The van der Waals surface area contributed by atoms with Gasteiger partial charge in [0.25, 0.3) is 5.69 Å². The molecule has 10 heteroatoms. The molecule has 0 saturated heterocycles. The number of Topliss-reactive ketones (excluding diaryl/α,β-unsaturated/α-hetero) is 1. The average Bonchev–Trinajstić information content (AvgIpc) is 2.63. The van der Waals surface area contributed by atoms with Crippen LogP contribution in [0.25, 0.3) is 0 Å². The molecule has 0 fully saturated rings. The summed E-state index contributed by atoms with van der Waals surface area (Å²) in [5.74, 6) is -3.76. The van der Waals surface area contributed by atoms with Crippen LogP contribution < -0.4 is 5.32 Å². The molecule has 144 valence electrons. The minimum Gasteiger partial charge on any atom is -0.324 e. The Morgan fingerprint density at radius 1 is 1.18 bits per heavy atom. The molecule has 7 nitrogen and oxygen atoms in total. The van der Waals surface area contributed by atoms with Crippen LogP contribution >= 0.6 is 0 Å². The summed E-state index contributed by atoms with van der Waals surface area (Å²) in [4.78, 5) is 34.7. The third-order valence-electron chi connectivity index (χ3n) is 3.83. The summed E-state index contributed by atoms with van der Waals surface area (Å²) in [6, 6.07) is 8.26. The molecule has 1 unspecified atom stereocenters. The standard InChI is InChI=1S/C18H12F3N3O4/c1-10-8-13(24(27)28)6-7-15(10)23-17(26)14(9-22)16(25)11-2-4-12(5-3-11)18(19,20)21/h2-8,14H,1H3,(H,23,26). The zero-order valence-corrected chi connectivity index (χ0v) is 14.3. The van der Waals surface area contributed by atoms with Crippen molar-refractivity contribution in [1.29, 1.82) is 5.26 Å². The Hall–Kier alpha value is -3.74. The highest BCUT2D eigenvalue weighted by Crippen LogP contribution is 2.29. The molecule has 0 aliphatic carbocycles. The normalized spacial score (nSPS) is 12.0. The van der Waals surface area contributed by atoms with Crippen LogP contribution in [0.2, 0.25) is 0 Å². The molecule has 0 heterocycles. The molecular weight excluding hydrogens is 379 g/mol. The van der Waals surface area contributed by atoms with Crippen molar-refractivity contribution >= 4 is 23.1 Å². The summed E-state index contributed by atoms with van der Waals surface area (Å²) < 4.78 is 37.8. The fourth-order valence-corrected chi connectivity index (χ4v) is 2.33. The smallest absolute Gasteiger partial charge is 0.324 e. The second-order valence-corrected chi connectivity index (χ2v) is 5.75. The van der Waals surface area contributed by atoms with E-state index < -0.39 is 34.3 Å². The molecule has 2 rings (SSSR count). The van der Waals surface area contributed by atoms with E-state index in [1.165, 1.54) is 25.1 Å². The fourth-order valence-electron chi connectivity index (χ4n) is 2.33. The number of ketones is 1. The van der Waals surface area contributed by atoms with Gasteiger partial charge in [0, 0.05) is 23.4 Å². The van der Waals surface area contributed by atoms with E-state index in [1.54, 1.807) is 0 Å². The zero-order chi connectivity index (χ0) is 21.1. The van der Waals surface area contributed by atoms with Gasteiger partial charge in [0.1, 0.15) is 0 Å². The van der Waals surface area contributed by atoms with Crippen molar-refractivity contribution in [3.05, 3.63) is 69.3 Å². The monoisotopic (exact) mass is 391 g/mol. The number of non-ortho nitro benzene ring substituents is 1. The number of hydrogen-bond acceptors (Lipinski definition) is 5. The number of nitro benzene ring substituents is 1. The van der Waals surface area contributed by atoms with Crippen molar-refractivity contribution in [1.82, 2.24) is 0 Å². The lowest BCUT2D eigenvalue weighted by molar-refractivity contribution is -0.384. The number of aryl methyl sites for hydroxylation is 1. The van der Waals surface area contributed by atoms with Gasteiger partial charge in [0.2, 0.25) is 5.91 Å². The van der Waals surface area contributed by atoms with E-state index in [2.05, 4.69) is 5.32 Å². The summed E-state index contributed by atoms with van der Waals surface area (Å²) in [5.41, 5.74) is -0.899. The van der Waals surface area contributed by atoms with Crippen LogP contribution in [0.4, 0.5) is 24.5 Å². The van der Waals surface area contributed by atoms with E-state index in [0.29, 0.717) is 17.7 Å². The molecule has 0 saturated carbocycles. The van der Waals surface area contributed by atoms with Gasteiger partial charge in [-0.25, -0.2) is 0 Å². The molecule has 2 aromatic carbocycles. The number of nitrogens with zero attached hydrogens (tertiary/aromatic N) is 2. The van der Waals surface area contributed by atoms with Crippen LogP contribution in [0.3, 0.4) is 0 Å². The van der Waals surface area contributed by atoms with Crippen molar-refractivity contribution in [3.63, 3.8) is 0 Å². The van der Waals surface area contributed by atoms with Crippen molar-refractivity contribution in [2.75, 3.05) is 5.32 Å². The predicted octanol–water partition coefficient (Wildman–Crippen LogP) is 3.88. The highest BCUT2D eigenvalue weighted by molar-refractivity contribution is 6.15. The summed E-state index contributed by atoms with van der Waals surface area (Å²) in [6.07, 6.45) is -4.58. The maximum absolute atomic E-state index is 12.6. The van der Waals surface area contributed by atoms with Crippen LogP contribution in [0.15, 0.2) is 42.5 Å². The Morgan fingerprint density at radius 3 is 2.25 bits per heavy atom. The number of carbonyl (C=O) groups excluding carboxylic acids is 2. The van der Waals surface area contributed by atoms with E-state index >= 15 is 0 Å². The Labute approximate surface area is 156 Å². The molecule has 0 bridgehead atoms. The van der Waals surface area contributed by atoms with Gasteiger partial charge >= 0.3 is 6.18 Å². The predicted molar refractivity (Wildman–Crippen MR) is 91.3 cm³/mol. The topological polar surface area (TPSA) is 113 Å². The van der Waals surface area contributed by atoms with Crippen molar-refractivity contribution in [3.8, 4) is 6.07 Å². The number of hydrogen-bond donors (Lipinski definition) is 1. The van der Waals surface area contributed by atoms with Gasteiger partial charge < -0.3 is 5.32 Å². The lowest BCUT2D eigenvalue weighted by Crippen LogP contribution is -2.29. The molecule has 1 amide bonds. The highest BCUT2D eigenvalue weighted by Gasteiger charge is 2.32. The first kappa shape index (κ1) is 20.6. The third-order valence-corrected chi connectivity index (χ3v) is 3.83. The summed E-state index contributed by atoms with van der Waals surface area (Å²) in [7, 11) is 0. The van der Waals surface area contributed by atoms with Gasteiger partial charge in [-0.1, -0.05) is 12.1 Å². The second kappa shape index (κ2) is 7.87. The van der Waals surface area contributed by atoms with Crippen LogP contribution in [0.5, 0.6) is 0 Å². The average molecular weight is 391 g/mol. The number of carbonyl (C=O) groups is 2. The largest absolute Gasteiger partial charge is 0.416 e. The molecule has 0 aliphatic rings. The maximum Gasteiger partial charge on any atom is 0.416 e. The van der Waals surface area contributed by atoms with Crippen LogP contribution in [-0.4, -0.2) is 16.6 Å². The van der Waals surface area contributed by atoms with Crippen molar-refractivity contribution < 1.29 is 27.7 Å². The van der Waals surface area contributed by atoms with Gasteiger partial charge in [0.15, 0.2) is 11.7 Å². The van der Waals surface area contributed by atoms with Gasteiger partial charge in [0.05, 0.1) is 16.6 Å². The number of benzene rings is 2. The number of nitrogens with one attached hydrogen (secondary N) is 1. The Balaban J connectivity index is 2.20. The molecule has 0 aliphatic heterocycles. The van der Waals surface area contributed by atoms with Gasteiger partial charge in [-0.15, -0.1) is 0 Å². The number of nitro groups is 1. The van der Waals surface area contributed by atoms with Gasteiger partial charge in [-0.05, 0) is 30.7 Å². The molecule has 1 N–H and O–H groups in total. The second-order valence-electron chi connectivity index (χ2n) is 5.75. The van der Waals surface area contributed by atoms with Crippen molar-refractivity contribution in [2.45, 2.75) is 13.1 Å². The van der Waals surface area contributed by atoms with Crippen molar-refractivity contribution in [2.24, 2.45) is 5.92 Å². The zero-order valence-electron chi connectivity index (χ0n) is 14.3. The Bertz CT molecular complexity index is 979. The number of halogens is 3. The van der Waals surface area contributed by atoms with E-state index in [1.807, 2.05) is 0 Å². The molecular formula is C18H12F3N3O4. The number of rotatable bonds is 5. The summed E-state index contributed by atoms with van der Waals surface area (Å²) in [6.45, 7) is 1.49. The summed E-state index contributed by atoms with van der Waals surface area (Å²) >= 11 is 0. The number of anilines is 1. The molecule has 2 aromatic rings. The van der Waals surface area contributed by atoms with E-state index in [-0.39, 0.29) is 16.9 Å².